The third-order valence-electron chi connectivity index (χ3n) is 2.41. The number of benzene rings is 1. The predicted octanol–water partition coefficient (Wildman–Crippen LogP) is 0.555. The summed E-state index contributed by atoms with van der Waals surface area (Å²) in [5.74, 6) is -0.852. The lowest BCUT2D eigenvalue weighted by Gasteiger charge is -2.04. The summed E-state index contributed by atoms with van der Waals surface area (Å²) in [6.07, 6.45) is 5.48. The number of carbonyl (C=O) groups is 2. The second kappa shape index (κ2) is 7.10. The first-order valence-corrected chi connectivity index (χ1v) is 5.82. The Kier molecular flexibility index (Phi) is 5.49. The number of carbonyl (C=O) groups excluding carboxylic acids is 2. The van der Waals surface area contributed by atoms with Crippen molar-refractivity contribution in [3.63, 3.8) is 0 Å². The third-order valence-corrected chi connectivity index (χ3v) is 2.41. The third kappa shape index (κ3) is 4.58. The van der Waals surface area contributed by atoms with E-state index in [1.807, 2.05) is 0 Å². The van der Waals surface area contributed by atoms with Crippen molar-refractivity contribution in [2.45, 2.75) is 6.42 Å². The zero-order chi connectivity index (χ0) is 15.1. The second-order valence-corrected chi connectivity index (χ2v) is 3.98. The molecule has 0 radical (unpaired) electrons. The van der Waals surface area contributed by atoms with Crippen LogP contribution in [-0.4, -0.2) is 33.4 Å². The molecule has 106 valence electrons. The van der Waals surface area contributed by atoms with Gasteiger partial charge in [0.2, 0.25) is 0 Å². The monoisotopic (exact) mass is 277 g/mol. The van der Waals surface area contributed by atoms with Gasteiger partial charge in [-0.3, -0.25) is 9.59 Å². The summed E-state index contributed by atoms with van der Waals surface area (Å²) in [4.78, 5) is 20.6. The van der Waals surface area contributed by atoms with Crippen molar-refractivity contribution in [3.8, 4) is 17.2 Å². The van der Waals surface area contributed by atoms with Crippen LogP contribution < -0.4 is 5.73 Å². The first-order valence-electron chi connectivity index (χ1n) is 5.82. The maximum atomic E-state index is 10.3. The van der Waals surface area contributed by atoms with Gasteiger partial charge < -0.3 is 21.1 Å². The molecular formula is C14H15NO5. The van der Waals surface area contributed by atoms with Crippen LogP contribution in [0.5, 0.6) is 17.2 Å². The molecule has 0 amide bonds. The highest BCUT2D eigenvalue weighted by Crippen LogP contribution is 2.31. The lowest BCUT2D eigenvalue weighted by Crippen LogP contribution is -2.02. The number of hydrogen-bond donors (Lipinski definition) is 4. The van der Waals surface area contributed by atoms with Crippen LogP contribution in [0.4, 0.5) is 0 Å². The summed E-state index contributed by atoms with van der Waals surface area (Å²) in [5, 5.41) is 27.2. The summed E-state index contributed by atoms with van der Waals surface area (Å²) in [5.41, 5.74) is 5.80. The average molecular weight is 277 g/mol. The van der Waals surface area contributed by atoms with Gasteiger partial charge >= 0.3 is 0 Å². The van der Waals surface area contributed by atoms with Gasteiger partial charge in [0.25, 0.3) is 0 Å². The van der Waals surface area contributed by atoms with Crippen molar-refractivity contribution in [2.24, 2.45) is 5.73 Å². The molecule has 2 rings (SSSR count). The summed E-state index contributed by atoms with van der Waals surface area (Å²) in [7, 11) is 0. The highest BCUT2D eigenvalue weighted by molar-refractivity contribution is 6.14. The molecule has 0 saturated carbocycles. The van der Waals surface area contributed by atoms with Gasteiger partial charge in [0.1, 0.15) is 5.75 Å². The quantitative estimate of drug-likeness (QED) is 0.356. The van der Waals surface area contributed by atoms with E-state index < -0.39 is 0 Å². The highest BCUT2D eigenvalue weighted by Gasteiger charge is 2.06. The molecular weight excluding hydrogens is 262 g/mol. The lowest BCUT2D eigenvalue weighted by atomic mass is 10.1. The highest BCUT2D eigenvalue weighted by atomic mass is 16.3. The number of aromatic hydroxyl groups is 3. The minimum absolute atomic E-state index is 0.0456. The molecule has 5 N–H and O–H groups in total. The van der Waals surface area contributed by atoms with Crippen LogP contribution in [0.15, 0.2) is 36.4 Å². The van der Waals surface area contributed by atoms with Crippen molar-refractivity contribution >= 4 is 11.6 Å². The van der Waals surface area contributed by atoms with Crippen LogP contribution in [0.1, 0.15) is 5.56 Å². The Bertz CT molecular complexity index is 537. The van der Waals surface area contributed by atoms with Gasteiger partial charge in [0.05, 0.1) is 0 Å². The first kappa shape index (κ1) is 15.5. The van der Waals surface area contributed by atoms with Crippen LogP contribution >= 0.6 is 0 Å². The molecule has 0 atom stereocenters. The largest absolute Gasteiger partial charge is 0.508 e. The Morgan fingerprint density at radius 2 is 1.25 bits per heavy atom. The number of nitrogens with two attached hydrogens (primary N) is 1. The first-order chi connectivity index (χ1) is 9.43. The fourth-order valence-corrected chi connectivity index (χ4v) is 1.40. The van der Waals surface area contributed by atoms with Gasteiger partial charge in [-0.05, 0) is 48.9 Å². The molecule has 0 spiro atoms. The SMILES string of the molecule is NCCc1cc(O)c(O)cc1O.O=C1C=CC(=O)C=C1. The summed E-state index contributed by atoms with van der Waals surface area (Å²) in [6, 6.07) is 2.40. The zero-order valence-corrected chi connectivity index (χ0v) is 10.6. The molecule has 1 aliphatic carbocycles. The van der Waals surface area contributed by atoms with Crippen LogP contribution in [0.25, 0.3) is 0 Å². The van der Waals surface area contributed by atoms with E-state index in [1.54, 1.807) is 0 Å². The van der Waals surface area contributed by atoms with Gasteiger partial charge in [-0.1, -0.05) is 0 Å². The van der Waals surface area contributed by atoms with Gasteiger partial charge in [0, 0.05) is 6.07 Å². The Labute approximate surface area is 115 Å². The molecule has 0 aliphatic heterocycles. The van der Waals surface area contributed by atoms with Gasteiger partial charge in [-0.25, -0.2) is 0 Å². The molecule has 0 saturated heterocycles. The molecule has 0 aromatic heterocycles. The molecule has 6 heteroatoms. The second-order valence-electron chi connectivity index (χ2n) is 3.98. The summed E-state index contributed by atoms with van der Waals surface area (Å²) >= 11 is 0. The Hall–Kier alpha value is -2.60. The minimum atomic E-state index is -0.326. The van der Waals surface area contributed by atoms with Gasteiger partial charge in [-0.15, -0.1) is 0 Å². The number of rotatable bonds is 2. The van der Waals surface area contributed by atoms with E-state index in [0.717, 1.165) is 6.07 Å². The van der Waals surface area contributed by atoms with Crippen molar-refractivity contribution in [3.05, 3.63) is 42.0 Å². The van der Waals surface area contributed by atoms with Crippen molar-refractivity contribution in [1.29, 1.82) is 0 Å². The van der Waals surface area contributed by atoms with E-state index in [2.05, 4.69) is 0 Å². The van der Waals surface area contributed by atoms with E-state index in [4.69, 9.17) is 15.9 Å². The Balaban J connectivity index is 0.000000217. The molecule has 1 aromatic carbocycles. The average Bonchev–Trinajstić information content (AvgIpc) is 2.40. The molecule has 20 heavy (non-hydrogen) atoms. The van der Waals surface area contributed by atoms with Crippen molar-refractivity contribution in [2.75, 3.05) is 6.54 Å². The van der Waals surface area contributed by atoms with Crippen molar-refractivity contribution < 1.29 is 24.9 Å². The van der Waals surface area contributed by atoms with Crippen LogP contribution in [0.3, 0.4) is 0 Å². The fraction of sp³-hybridized carbons (Fsp3) is 0.143. The van der Waals surface area contributed by atoms with Gasteiger partial charge in [0.15, 0.2) is 23.1 Å². The van der Waals surface area contributed by atoms with Crippen LogP contribution in [-0.2, 0) is 16.0 Å². The molecule has 1 aromatic rings. The zero-order valence-electron chi connectivity index (χ0n) is 10.6. The standard InChI is InChI=1S/C8H11NO3.C6H4O2/c9-2-1-5-3-7(11)8(12)4-6(5)10;7-5-1-2-6(8)4-3-5/h3-4,10-12H,1-2,9H2;1-4H. The number of phenolic OH excluding ortho intramolecular Hbond substituents is 3. The maximum absolute atomic E-state index is 10.3. The van der Waals surface area contributed by atoms with E-state index in [-0.39, 0.29) is 28.8 Å². The molecule has 0 fully saturated rings. The van der Waals surface area contributed by atoms with Gasteiger partial charge in [-0.2, -0.15) is 0 Å². The number of phenols is 3. The smallest absolute Gasteiger partial charge is 0.178 e. The van der Waals surface area contributed by atoms with Crippen LogP contribution in [0, 0.1) is 0 Å². The van der Waals surface area contributed by atoms with E-state index in [9.17, 15) is 14.7 Å². The number of allylic oxidation sites excluding steroid dienone is 4. The maximum Gasteiger partial charge on any atom is 0.178 e. The fourth-order valence-electron chi connectivity index (χ4n) is 1.40. The van der Waals surface area contributed by atoms with Crippen molar-refractivity contribution in [1.82, 2.24) is 0 Å². The van der Waals surface area contributed by atoms with E-state index >= 15 is 0 Å². The van der Waals surface area contributed by atoms with E-state index in [0.29, 0.717) is 18.5 Å². The molecule has 0 unspecified atom stereocenters. The number of ketones is 2. The molecule has 6 nitrogen and oxygen atoms in total. The Morgan fingerprint density at radius 3 is 1.70 bits per heavy atom. The molecule has 0 heterocycles. The topological polar surface area (TPSA) is 121 Å². The summed E-state index contributed by atoms with van der Waals surface area (Å²) < 4.78 is 0. The number of hydrogen-bond acceptors (Lipinski definition) is 6. The lowest BCUT2D eigenvalue weighted by molar-refractivity contribution is -0.113. The van der Waals surface area contributed by atoms with Crippen LogP contribution in [0.2, 0.25) is 0 Å². The normalized spacial score (nSPS) is 13.1. The van der Waals surface area contributed by atoms with E-state index in [1.165, 1.54) is 30.4 Å². The minimum Gasteiger partial charge on any atom is -0.508 e. The molecule has 0 bridgehead atoms. The molecule has 1 aliphatic rings. The Morgan fingerprint density at radius 1 is 0.800 bits per heavy atom. The predicted molar refractivity (Wildman–Crippen MR) is 72.5 cm³/mol. The summed E-state index contributed by atoms with van der Waals surface area (Å²) in [6.45, 7) is 0.387.